The highest BCUT2D eigenvalue weighted by atomic mass is 35.5. The minimum atomic E-state index is -0.577. The Labute approximate surface area is 179 Å². The van der Waals surface area contributed by atoms with Crippen LogP contribution in [0.5, 0.6) is 5.75 Å². The lowest BCUT2D eigenvalue weighted by Crippen LogP contribution is -2.30. The van der Waals surface area contributed by atoms with Crippen LogP contribution in [0.15, 0.2) is 70.4 Å². The van der Waals surface area contributed by atoms with Gasteiger partial charge in [0.05, 0.1) is 41.0 Å². The van der Waals surface area contributed by atoms with E-state index >= 15 is 0 Å². The first-order chi connectivity index (χ1) is 14.0. The maximum atomic E-state index is 13.4. The van der Waals surface area contributed by atoms with Crippen molar-refractivity contribution in [3.05, 3.63) is 81.0 Å². The van der Waals surface area contributed by atoms with E-state index in [1.165, 1.54) is 11.8 Å². The first-order valence-corrected chi connectivity index (χ1v) is 10.5. The van der Waals surface area contributed by atoms with Gasteiger partial charge in [-0.2, -0.15) is 5.26 Å². The first-order valence-electron chi connectivity index (χ1n) is 8.86. The Morgan fingerprint density at radius 1 is 1.24 bits per heavy atom. The van der Waals surface area contributed by atoms with Crippen molar-refractivity contribution in [1.82, 2.24) is 5.32 Å². The highest BCUT2D eigenvalue weighted by molar-refractivity contribution is 8.02. The Morgan fingerprint density at radius 2 is 1.93 bits per heavy atom. The van der Waals surface area contributed by atoms with Gasteiger partial charge in [-0.3, -0.25) is 4.79 Å². The molecule has 0 saturated heterocycles. The summed E-state index contributed by atoms with van der Waals surface area (Å²) >= 11 is 7.88. The largest absolute Gasteiger partial charge is 0.495 e. The molecule has 148 valence electrons. The molecule has 1 aliphatic rings. The van der Waals surface area contributed by atoms with Gasteiger partial charge in [0.1, 0.15) is 5.75 Å². The molecule has 7 heteroatoms. The van der Waals surface area contributed by atoms with Gasteiger partial charge in [-0.05, 0) is 36.9 Å². The van der Waals surface area contributed by atoms with Gasteiger partial charge in [-0.25, -0.2) is 0 Å². The van der Waals surface area contributed by atoms with E-state index in [9.17, 15) is 10.1 Å². The van der Waals surface area contributed by atoms with Crippen LogP contribution in [0.1, 0.15) is 18.4 Å². The molecule has 0 bridgehead atoms. The molecule has 2 aromatic carbocycles. The first kappa shape index (κ1) is 20.8. The highest BCUT2D eigenvalue weighted by Crippen LogP contribution is 2.43. The lowest BCUT2D eigenvalue weighted by Gasteiger charge is -2.30. The third-order valence-electron chi connectivity index (χ3n) is 4.67. The number of carbonyl (C=O) groups excluding carboxylic acids is 1. The number of rotatable bonds is 5. The molecule has 1 atom stereocenters. The molecule has 0 fully saturated rings. The molecule has 0 radical (unpaired) electrons. The fourth-order valence-corrected chi connectivity index (χ4v) is 4.23. The number of carbonyl (C=O) groups is 1. The number of ether oxygens (including phenoxy) is 1. The number of allylic oxidation sites excluding steroid dienone is 2. The van der Waals surface area contributed by atoms with Gasteiger partial charge in [0.2, 0.25) is 0 Å². The summed E-state index contributed by atoms with van der Waals surface area (Å²) in [5.74, 6) is -0.346. The second-order valence-electron chi connectivity index (χ2n) is 6.33. The van der Waals surface area contributed by atoms with E-state index in [4.69, 9.17) is 16.3 Å². The molecule has 29 heavy (non-hydrogen) atoms. The number of para-hydroxylation sites is 2. The van der Waals surface area contributed by atoms with Crippen LogP contribution < -0.4 is 15.4 Å². The number of anilines is 1. The predicted octanol–water partition coefficient (Wildman–Crippen LogP) is 5.05. The minimum absolute atomic E-state index is 0.323. The number of halogens is 1. The fourth-order valence-electron chi connectivity index (χ4n) is 3.30. The van der Waals surface area contributed by atoms with E-state index in [0.29, 0.717) is 43.9 Å². The maximum Gasteiger partial charge on any atom is 0.255 e. The van der Waals surface area contributed by atoms with Crippen LogP contribution in [0.3, 0.4) is 0 Å². The number of hydrogen-bond acceptors (Lipinski definition) is 5. The number of nitrogens with one attached hydrogen (secondary N) is 2. The van der Waals surface area contributed by atoms with Crippen molar-refractivity contribution in [2.45, 2.75) is 12.8 Å². The molecular formula is C22H20ClN3O2S. The monoisotopic (exact) mass is 425 g/mol. The van der Waals surface area contributed by atoms with Gasteiger partial charge in [0.25, 0.3) is 5.91 Å². The zero-order valence-electron chi connectivity index (χ0n) is 16.2. The van der Waals surface area contributed by atoms with E-state index in [0.717, 1.165) is 0 Å². The molecule has 0 saturated carbocycles. The second kappa shape index (κ2) is 9.08. The van der Waals surface area contributed by atoms with Crippen molar-refractivity contribution in [2.75, 3.05) is 18.7 Å². The summed E-state index contributed by atoms with van der Waals surface area (Å²) < 4.78 is 5.34. The van der Waals surface area contributed by atoms with Crippen LogP contribution in [0.2, 0.25) is 5.02 Å². The summed E-state index contributed by atoms with van der Waals surface area (Å²) in [6, 6.07) is 16.7. The van der Waals surface area contributed by atoms with Crippen molar-refractivity contribution in [3.63, 3.8) is 0 Å². The molecule has 5 nitrogen and oxygen atoms in total. The Balaban J connectivity index is 2.13. The molecule has 1 heterocycles. The molecule has 2 aromatic rings. The lowest BCUT2D eigenvalue weighted by atomic mass is 9.82. The van der Waals surface area contributed by atoms with Gasteiger partial charge in [-0.1, -0.05) is 41.9 Å². The molecule has 3 rings (SSSR count). The topological polar surface area (TPSA) is 74.2 Å². The standard InChI is InChI=1S/C22H20ClN3O2S/c1-13-15(12-24)19(14-8-4-5-9-16(14)23)20(22(25-13)29-3)21(27)26-17-10-6-7-11-18(17)28-2/h4-11,19,25H,1-3H3,(H,26,27). The van der Waals surface area contributed by atoms with Gasteiger partial charge < -0.3 is 15.4 Å². The average molecular weight is 426 g/mol. The molecule has 0 aromatic heterocycles. The van der Waals surface area contributed by atoms with Crippen molar-refractivity contribution in [2.24, 2.45) is 0 Å². The van der Waals surface area contributed by atoms with E-state index in [-0.39, 0.29) is 5.91 Å². The molecule has 1 aliphatic heterocycles. The zero-order chi connectivity index (χ0) is 21.0. The minimum Gasteiger partial charge on any atom is -0.495 e. The number of benzene rings is 2. The van der Waals surface area contributed by atoms with Crippen molar-refractivity contribution >= 4 is 35.0 Å². The summed E-state index contributed by atoms with van der Waals surface area (Å²) in [7, 11) is 1.55. The van der Waals surface area contributed by atoms with E-state index < -0.39 is 5.92 Å². The quantitative estimate of drug-likeness (QED) is 0.701. The van der Waals surface area contributed by atoms with Crippen LogP contribution in [-0.4, -0.2) is 19.3 Å². The van der Waals surface area contributed by atoms with Gasteiger partial charge in [-0.15, -0.1) is 11.8 Å². The van der Waals surface area contributed by atoms with Gasteiger partial charge in [0, 0.05) is 10.7 Å². The fraction of sp³-hybridized carbons (Fsp3) is 0.182. The summed E-state index contributed by atoms with van der Waals surface area (Å²) in [5, 5.41) is 17.1. The van der Waals surface area contributed by atoms with E-state index in [2.05, 4.69) is 16.7 Å². The Morgan fingerprint density at radius 3 is 2.59 bits per heavy atom. The third-order valence-corrected chi connectivity index (χ3v) is 5.74. The predicted molar refractivity (Wildman–Crippen MR) is 118 cm³/mol. The molecule has 1 amide bonds. The summed E-state index contributed by atoms with van der Waals surface area (Å²) in [5.41, 5.74) is 2.87. The smallest absolute Gasteiger partial charge is 0.255 e. The number of nitriles is 1. The van der Waals surface area contributed by atoms with Gasteiger partial charge in [0.15, 0.2) is 0 Å². The number of thioether (sulfide) groups is 1. The van der Waals surface area contributed by atoms with Crippen LogP contribution >= 0.6 is 23.4 Å². The maximum absolute atomic E-state index is 13.4. The summed E-state index contributed by atoms with van der Waals surface area (Å²) in [6.07, 6.45) is 1.88. The molecule has 0 aliphatic carbocycles. The van der Waals surface area contributed by atoms with E-state index in [1.807, 2.05) is 43.5 Å². The number of dihydropyridines is 1. The summed E-state index contributed by atoms with van der Waals surface area (Å²) in [4.78, 5) is 13.4. The van der Waals surface area contributed by atoms with E-state index in [1.54, 1.807) is 25.3 Å². The van der Waals surface area contributed by atoms with Crippen molar-refractivity contribution < 1.29 is 9.53 Å². The average Bonchev–Trinajstić information content (AvgIpc) is 2.73. The second-order valence-corrected chi connectivity index (χ2v) is 7.56. The lowest BCUT2D eigenvalue weighted by molar-refractivity contribution is -0.113. The third kappa shape index (κ3) is 4.12. The number of nitrogens with zero attached hydrogens (tertiary/aromatic N) is 1. The SMILES string of the molecule is COc1ccccc1NC(=O)C1=C(SC)NC(C)=C(C#N)C1c1ccccc1Cl. The Hall–Kier alpha value is -2.88. The Bertz CT molecular complexity index is 1060. The van der Waals surface area contributed by atoms with Crippen LogP contribution in [0, 0.1) is 11.3 Å². The molecule has 1 unspecified atom stereocenters. The normalized spacial score (nSPS) is 16.2. The van der Waals surface area contributed by atoms with Crippen LogP contribution in [0.25, 0.3) is 0 Å². The highest BCUT2D eigenvalue weighted by Gasteiger charge is 2.35. The Kier molecular flexibility index (Phi) is 6.53. The number of hydrogen-bond donors (Lipinski definition) is 2. The van der Waals surface area contributed by atoms with Crippen LogP contribution in [-0.2, 0) is 4.79 Å². The van der Waals surface area contributed by atoms with Crippen LogP contribution in [0.4, 0.5) is 5.69 Å². The molecule has 0 spiro atoms. The number of amides is 1. The summed E-state index contributed by atoms with van der Waals surface area (Å²) in [6.45, 7) is 1.83. The number of methoxy groups -OCH3 is 1. The van der Waals surface area contributed by atoms with Gasteiger partial charge >= 0.3 is 0 Å². The molecule has 2 N–H and O–H groups in total. The molecular weight excluding hydrogens is 406 g/mol. The zero-order valence-corrected chi connectivity index (χ0v) is 17.8. The van der Waals surface area contributed by atoms with Crippen molar-refractivity contribution in [3.8, 4) is 11.8 Å². The van der Waals surface area contributed by atoms with Crippen molar-refractivity contribution in [1.29, 1.82) is 5.26 Å².